The number of carbonyl (C=O) groups is 2. The number of rotatable bonds is 5. The maximum atomic E-state index is 12.5. The first-order valence-electron chi connectivity index (χ1n) is 8.02. The average molecular weight is 384 g/mol. The number of anilines is 1. The lowest BCUT2D eigenvalue weighted by Crippen LogP contribution is -2.21. The number of aromatic nitrogens is 1. The van der Waals surface area contributed by atoms with Crippen molar-refractivity contribution in [1.82, 2.24) is 4.98 Å². The van der Waals surface area contributed by atoms with Crippen LogP contribution in [0.4, 0.5) is 18.9 Å². The van der Waals surface area contributed by atoms with E-state index in [4.69, 9.17) is 4.74 Å². The fraction of sp³-hybridized carbons (Fsp3) is 0.333. The summed E-state index contributed by atoms with van der Waals surface area (Å²) < 4.78 is 42.4. The quantitative estimate of drug-likeness (QED) is 0.688. The largest absolute Gasteiger partial charge is 0.451 e. The maximum Gasteiger partial charge on any atom is 0.416 e. The number of amides is 1. The highest BCUT2D eigenvalue weighted by Crippen LogP contribution is 2.29. The summed E-state index contributed by atoms with van der Waals surface area (Å²) in [6.45, 7) is 4.30. The lowest BCUT2D eigenvalue weighted by Gasteiger charge is -2.09. The van der Waals surface area contributed by atoms with E-state index in [9.17, 15) is 27.9 Å². The van der Waals surface area contributed by atoms with E-state index in [0.717, 1.165) is 24.3 Å². The van der Waals surface area contributed by atoms with Crippen LogP contribution < -0.4 is 5.32 Å². The molecule has 1 atom stereocenters. The van der Waals surface area contributed by atoms with E-state index in [1.165, 1.54) is 0 Å². The van der Waals surface area contributed by atoms with Gasteiger partial charge in [-0.15, -0.1) is 0 Å². The van der Waals surface area contributed by atoms with E-state index in [0.29, 0.717) is 16.8 Å². The third-order valence-corrected chi connectivity index (χ3v) is 3.95. The molecule has 9 heteroatoms. The van der Waals surface area contributed by atoms with Crippen LogP contribution in [0, 0.1) is 13.8 Å². The Kier molecular flexibility index (Phi) is 5.94. The molecule has 27 heavy (non-hydrogen) atoms. The van der Waals surface area contributed by atoms with Gasteiger partial charge in [-0.1, -0.05) is 0 Å². The molecular weight excluding hydrogens is 365 g/mol. The van der Waals surface area contributed by atoms with Gasteiger partial charge in [0.25, 0.3) is 5.91 Å². The molecule has 0 aliphatic carbocycles. The molecule has 0 spiro atoms. The first-order chi connectivity index (χ1) is 12.5. The van der Waals surface area contributed by atoms with Gasteiger partial charge < -0.3 is 20.1 Å². The lowest BCUT2D eigenvalue weighted by molar-refractivity contribution is -0.137. The summed E-state index contributed by atoms with van der Waals surface area (Å²) >= 11 is 0. The Balaban J connectivity index is 1.96. The van der Waals surface area contributed by atoms with Crippen molar-refractivity contribution in [1.29, 1.82) is 0 Å². The number of alkyl halides is 3. The highest BCUT2D eigenvalue weighted by atomic mass is 19.4. The summed E-state index contributed by atoms with van der Waals surface area (Å²) in [5, 5.41) is 12.1. The van der Waals surface area contributed by atoms with Crippen molar-refractivity contribution in [3.05, 3.63) is 52.3 Å². The molecule has 3 N–H and O–H groups in total. The third-order valence-electron chi connectivity index (χ3n) is 3.95. The molecule has 0 bridgehead atoms. The Morgan fingerprint density at radius 3 is 2.30 bits per heavy atom. The Morgan fingerprint density at radius 2 is 1.81 bits per heavy atom. The number of carbonyl (C=O) groups excluding carboxylic acids is 2. The molecule has 0 unspecified atom stereocenters. The molecule has 1 aromatic heterocycles. The van der Waals surface area contributed by atoms with Gasteiger partial charge in [0.2, 0.25) is 0 Å². The zero-order valence-electron chi connectivity index (χ0n) is 14.9. The van der Waals surface area contributed by atoms with Crippen molar-refractivity contribution in [2.45, 2.75) is 33.1 Å². The SMILES string of the molecule is Cc1[nH]c(C(=O)OCC(=O)Nc2ccc(C(F)(F)F)cc2)c(C)c1[C@H](C)O. The third kappa shape index (κ3) is 4.88. The van der Waals surface area contributed by atoms with Gasteiger partial charge in [-0.3, -0.25) is 4.79 Å². The fourth-order valence-electron chi connectivity index (χ4n) is 2.74. The number of aryl methyl sites for hydroxylation is 1. The summed E-state index contributed by atoms with van der Waals surface area (Å²) in [6.07, 6.45) is -5.24. The summed E-state index contributed by atoms with van der Waals surface area (Å²) in [4.78, 5) is 26.8. The monoisotopic (exact) mass is 384 g/mol. The van der Waals surface area contributed by atoms with Crippen LogP contribution in [-0.2, 0) is 15.7 Å². The molecule has 0 aliphatic rings. The molecule has 1 amide bonds. The van der Waals surface area contributed by atoms with Crippen LogP contribution >= 0.6 is 0 Å². The number of esters is 1. The van der Waals surface area contributed by atoms with E-state index in [-0.39, 0.29) is 11.4 Å². The van der Waals surface area contributed by atoms with Gasteiger partial charge in [-0.2, -0.15) is 13.2 Å². The van der Waals surface area contributed by atoms with Crippen LogP contribution in [0.3, 0.4) is 0 Å². The standard InChI is InChI=1S/C18H19F3N2O4/c1-9-15(11(3)24)10(2)22-16(9)17(26)27-8-14(25)23-13-6-4-12(5-7-13)18(19,20)21/h4-7,11,22,24H,8H2,1-3H3,(H,23,25)/t11-/m0/s1. The molecule has 0 aliphatic heterocycles. The van der Waals surface area contributed by atoms with Crippen molar-refractivity contribution >= 4 is 17.6 Å². The normalized spacial score (nSPS) is 12.6. The number of nitrogens with one attached hydrogen (secondary N) is 2. The second kappa shape index (κ2) is 7.83. The summed E-state index contributed by atoms with van der Waals surface area (Å²) in [5.41, 5.74) is 1.16. The number of aliphatic hydroxyl groups is 1. The Labute approximate surface area is 153 Å². The van der Waals surface area contributed by atoms with E-state index in [1.807, 2.05) is 0 Å². The molecule has 146 valence electrons. The molecule has 0 fully saturated rings. The smallest absolute Gasteiger partial charge is 0.416 e. The minimum atomic E-state index is -4.46. The first-order valence-corrected chi connectivity index (χ1v) is 8.02. The van der Waals surface area contributed by atoms with Crippen LogP contribution in [0.25, 0.3) is 0 Å². The van der Waals surface area contributed by atoms with Gasteiger partial charge in [0.1, 0.15) is 5.69 Å². The number of hydrogen-bond acceptors (Lipinski definition) is 4. The first kappa shape index (κ1) is 20.5. The molecule has 6 nitrogen and oxygen atoms in total. The summed E-state index contributed by atoms with van der Waals surface area (Å²) in [6, 6.07) is 3.89. The minimum Gasteiger partial charge on any atom is -0.451 e. The van der Waals surface area contributed by atoms with Crippen molar-refractivity contribution in [3.63, 3.8) is 0 Å². The van der Waals surface area contributed by atoms with Gasteiger partial charge in [0.15, 0.2) is 6.61 Å². The van der Waals surface area contributed by atoms with Gasteiger partial charge in [-0.05, 0) is 50.6 Å². The number of aliphatic hydroxyl groups excluding tert-OH is 1. The molecule has 1 aromatic carbocycles. The maximum absolute atomic E-state index is 12.5. The van der Waals surface area contributed by atoms with Gasteiger partial charge in [-0.25, -0.2) is 4.79 Å². The van der Waals surface area contributed by atoms with Gasteiger partial charge in [0.05, 0.1) is 11.7 Å². The van der Waals surface area contributed by atoms with E-state index in [2.05, 4.69) is 10.3 Å². The van der Waals surface area contributed by atoms with Crippen LogP contribution in [0.5, 0.6) is 0 Å². The summed E-state index contributed by atoms with van der Waals surface area (Å²) in [7, 11) is 0. The second-order valence-electron chi connectivity index (χ2n) is 6.04. The number of halogens is 3. The van der Waals surface area contributed by atoms with Crippen LogP contribution in [0.15, 0.2) is 24.3 Å². The van der Waals surface area contributed by atoms with Crippen molar-refractivity contribution < 1.29 is 32.6 Å². The number of hydrogen-bond donors (Lipinski definition) is 3. The van der Waals surface area contributed by atoms with Crippen molar-refractivity contribution in [3.8, 4) is 0 Å². The molecule has 0 saturated carbocycles. The van der Waals surface area contributed by atoms with Crippen molar-refractivity contribution in [2.75, 3.05) is 11.9 Å². The lowest BCUT2D eigenvalue weighted by atomic mass is 10.1. The molecule has 0 radical (unpaired) electrons. The Hall–Kier alpha value is -2.81. The van der Waals surface area contributed by atoms with E-state index < -0.39 is 36.3 Å². The van der Waals surface area contributed by atoms with Crippen molar-refractivity contribution in [2.24, 2.45) is 0 Å². The van der Waals surface area contributed by atoms with Gasteiger partial charge >= 0.3 is 12.1 Å². The van der Waals surface area contributed by atoms with Gasteiger partial charge in [0, 0.05) is 16.9 Å². The minimum absolute atomic E-state index is 0.130. The highest BCUT2D eigenvalue weighted by molar-refractivity contribution is 5.95. The molecule has 2 aromatic rings. The fourth-order valence-corrected chi connectivity index (χ4v) is 2.74. The Bertz CT molecular complexity index is 840. The molecule has 0 saturated heterocycles. The zero-order valence-corrected chi connectivity index (χ0v) is 14.9. The second-order valence-corrected chi connectivity index (χ2v) is 6.04. The molecule has 2 rings (SSSR count). The number of benzene rings is 1. The topological polar surface area (TPSA) is 91.4 Å². The van der Waals surface area contributed by atoms with Crippen LogP contribution in [-0.4, -0.2) is 28.6 Å². The number of H-pyrrole nitrogens is 1. The predicted octanol–water partition coefficient (Wildman–Crippen LogP) is 3.50. The van der Waals surface area contributed by atoms with E-state index >= 15 is 0 Å². The zero-order chi connectivity index (χ0) is 20.4. The average Bonchev–Trinajstić information content (AvgIpc) is 2.87. The predicted molar refractivity (Wildman–Crippen MR) is 91.3 cm³/mol. The highest BCUT2D eigenvalue weighted by Gasteiger charge is 2.30. The summed E-state index contributed by atoms with van der Waals surface area (Å²) in [5.74, 6) is -1.47. The number of aromatic amines is 1. The molecular formula is C18H19F3N2O4. The molecule has 1 heterocycles. The number of ether oxygens (including phenoxy) is 1. The van der Waals surface area contributed by atoms with Crippen LogP contribution in [0.1, 0.15) is 45.9 Å². The van der Waals surface area contributed by atoms with E-state index in [1.54, 1.807) is 20.8 Å². The Morgan fingerprint density at radius 1 is 1.22 bits per heavy atom. The van der Waals surface area contributed by atoms with Crippen LogP contribution in [0.2, 0.25) is 0 Å².